The molecule has 5 heteroatoms. The number of nitrogens with zero attached hydrogens (tertiary/aromatic N) is 3. The van der Waals surface area contributed by atoms with Gasteiger partial charge >= 0.3 is 0 Å². The van der Waals surface area contributed by atoms with Gasteiger partial charge in [0.05, 0.1) is 9.93 Å². The molecule has 88 valence electrons. The Labute approximate surface area is 102 Å². The van der Waals surface area contributed by atoms with Crippen molar-refractivity contribution in [3.8, 4) is 11.6 Å². The highest BCUT2D eigenvalue weighted by Crippen LogP contribution is 2.16. The molecule has 0 atom stereocenters. The van der Waals surface area contributed by atoms with E-state index in [1.54, 1.807) is 48.5 Å². The van der Waals surface area contributed by atoms with Gasteiger partial charge in [-0.15, -0.1) is 0 Å². The number of hydrogen-bond donors (Lipinski definition) is 0. The summed E-state index contributed by atoms with van der Waals surface area (Å²) in [5, 5.41) is 15.9. The van der Waals surface area contributed by atoms with E-state index in [2.05, 4.69) is 5.10 Å². The fourth-order valence-electron chi connectivity index (χ4n) is 1.83. The summed E-state index contributed by atoms with van der Waals surface area (Å²) < 4.78 is 0.617. The van der Waals surface area contributed by atoms with Gasteiger partial charge in [-0.2, -0.15) is 0 Å². The molecule has 0 N–H and O–H groups in total. The first-order valence-corrected chi connectivity index (χ1v) is 5.45. The van der Waals surface area contributed by atoms with Gasteiger partial charge in [-0.25, -0.2) is 0 Å². The second-order valence-corrected chi connectivity index (χ2v) is 3.82. The minimum absolute atomic E-state index is 0.307. The van der Waals surface area contributed by atoms with Crippen molar-refractivity contribution < 1.29 is 9.65 Å². The van der Waals surface area contributed by atoms with Crippen molar-refractivity contribution in [1.29, 1.82) is 0 Å². The molecule has 0 bridgehead atoms. The molecule has 0 spiro atoms. The minimum Gasteiger partial charge on any atom is -0.837 e. The van der Waals surface area contributed by atoms with E-state index < -0.39 is 5.88 Å². The zero-order chi connectivity index (χ0) is 12.5. The van der Waals surface area contributed by atoms with Crippen molar-refractivity contribution in [2.75, 3.05) is 0 Å². The molecule has 1 heterocycles. The Morgan fingerprint density at radius 3 is 2.44 bits per heavy atom. The Kier molecular flexibility index (Phi) is 2.30. The average Bonchev–Trinajstić information content (AvgIpc) is 2.44. The molecule has 0 amide bonds. The van der Waals surface area contributed by atoms with Crippen LogP contribution >= 0.6 is 0 Å². The average molecular weight is 239 g/mol. The topological polar surface area (TPSA) is 63.9 Å². The number of hydrogen-bond acceptors (Lipinski definition) is 3. The zero-order valence-corrected chi connectivity index (χ0v) is 9.35. The van der Waals surface area contributed by atoms with Gasteiger partial charge in [0, 0.05) is 9.90 Å². The molecule has 3 rings (SSSR count). The molecule has 18 heavy (non-hydrogen) atoms. The van der Waals surface area contributed by atoms with Crippen molar-refractivity contribution in [3.63, 3.8) is 0 Å². The third-order valence-electron chi connectivity index (χ3n) is 2.69. The summed E-state index contributed by atoms with van der Waals surface area (Å²) in [6.45, 7) is 0. The van der Waals surface area contributed by atoms with Gasteiger partial charge in [-0.3, -0.25) is 0 Å². The van der Waals surface area contributed by atoms with Crippen LogP contribution in [0.15, 0.2) is 54.6 Å². The first-order valence-electron chi connectivity index (χ1n) is 5.45. The van der Waals surface area contributed by atoms with Gasteiger partial charge in [0.2, 0.25) is 5.52 Å². The summed E-state index contributed by atoms with van der Waals surface area (Å²) in [5.74, 6) is -0.415. The fourth-order valence-corrected chi connectivity index (χ4v) is 1.83. The Morgan fingerprint density at radius 1 is 1.00 bits per heavy atom. The largest absolute Gasteiger partial charge is 0.837 e. The van der Waals surface area contributed by atoms with E-state index in [9.17, 15) is 10.0 Å². The maximum atomic E-state index is 12.2. The van der Waals surface area contributed by atoms with Crippen molar-refractivity contribution >= 4 is 10.9 Å². The van der Waals surface area contributed by atoms with E-state index in [1.807, 2.05) is 6.07 Å². The third-order valence-corrected chi connectivity index (χ3v) is 2.69. The van der Waals surface area contributed by atoms with Crippen LogP contribution in [0, 0.1) is 4.91 Å². The lowest BCUT2D eigenvalue weighted by molar-refractivity contribution is -0.568. The van der Waals surface area contributed by atoms with Crippen LogP contribution in [0.4, 0.5) is 0 Å². The molecule has 0 unspecified atom stereocenters. The summed E-state index contributed by atoms with van der Waals surface area (Å²) in [6, 6.07) is 15.4. The number of rotatable bonds is 1. The normalized spacial score (nSPS) is 10.7. The molecule has 0 saturated carbocycles. The quantitative estimate of drug-likeness (QED) is 0.595. The molecule has 0 aliphatic rings. The Balaban J connectivity index is 2.39. The van der Waals surface area contributed by atoms with Crippen molar-refractivity contribution in [2.45, 2.75) is 0 Å². The highest BCUT2D eigenvalue weighted by Gasteiger charge is 2.13. The summed E-state index contributed by atoms with van der Waals surface area (Å²) in [5.41, 5.74) is 0.858. The predicted molar refractivity (Wildman–Crippen MR) is 63.9 cm³/mol. The maximum absolute atomic E-state index is 12.2. The predicted octanol–water partition coefficient (Wildman–Crippen LogP) is 1.01. The van der Waals surface area contributed by atoms with Gasteiger partial charge in [0.15, 0.2) is 0 Å². The molecule has 0 fully saturated rings. The molecule has 2 aromatic carbocycles. The van der Waals surface area contributed by atoms with Gasteiger partial charge in [0.25, 0.3) is 0 Å². The van der Waals surface area contributed by atoms with Crippen LogP contribution in [0.5, 0.6) is 5.88 Å². The lowest BCUT2D eigenvalue weighted by Gasteiger charge is -2.03. The highest BCUT2D eigenvalue weighted by molar-refractivity contribution is 5.79. The first kappa shape index (κ1) is 10.5. The SMILES string of the molecule is O=[n+]1c2ccccc2c([O-])nn1-c1ccccc1. The second-order valence-electron chi connectivity index (χ2n) is 3.82. The number of benzene rings is 2. The lowest BCUT2D eigenvalue weighted by Crippen LogP contribution is -2.33. The van der Waals surface area contributed by atoms with Gasteiger partial charge in [-0.1, -0.05) is 30.3 Å². The van der Waals surface area contributed by atoms with E-state index in [1.165, 1.54) is 0 Å². The summed E-state index contributed by atoms with van der Waals surface area (Å²) in [7, 11) is 0. The first-order chi connectivity index (χ1) is 8.77. The molecular formula is C13H9N3O2. The van der Waals surface area contributed by atoms with Crippen LogP contribution in [0.1, 0.15) is 0 Å². The van der Waals surface area contributed by atoms with E-state index >= 15 is 0 Å². The molecule has 0 radical (unpaired) electrons. The highest BCUT2D eigenvalue weighted by atomic mass is 16.3. The van der Waals surface area contributed by atoms with Crippen LogP contribution in [0.2, 0.25) is 0 Å². The molecule has 5 nitrogen and oxygen atoms in total. The van der Waals surface area contributed by atoms with Crippen molar-refractivity contribution in [3.05, 3.63) is 59.5 Å². The van der Waals surface area contributed by atoms with Crippen LogP contribution in [-0.2, 0) is 0 Å². The van der Waals surface area contributed by atoms with Crippen LogP contribution < -0.4 is 9.65 Å². The second kappa shape index (κ2) is 3.96. The van der Waals surface area contributed by atoms with Crippen molar-refractivity contribution in [2.24, 2.45) is 0 Å². The van der Waals surface area contributed by atoms with Crippen molar-refractivity contribution in [1.82, 2.24) is 9.90 Å². The molecule has 3 aromatic rings. The van der Waals surface area contributed by atoms with E-state index in [-0.39, 0.29) is 0 Å². The minimum atomic E-state index is -0.415. The third kappa shape index (κ3) is 1.53. The Hall–Kier alpha value is -2.69. The molecular weight excluding hydrogens is 230 g/mol. The monoisotopic (exact) mass is 239 g/mol. The zero-order valence-electron chi connectivity index (χ0n) is 9.35. The van der Waals surface area contributed by atoms with Crippen LogP contribution in [0.25, 0.3) is 16.6 Å². The summed E-state index contributed by atoms with van der Waals surface area (Å²) >= 11 is 0. The van der Waals surface area contributed by atoms with Crippen LogP contribution in [-0.4, -0.2) is 9.90 Å². The smallest absolute Gasteiger partial charge is 0.212 e. The summed E-state index contributed by atoms with van der Waals surface area (Å²) in [4.78, 5) is 13.2. The fraction of sp³-hybridized carbons (Fsp3) is 0. The number of para-hydroxylation sites is 2. The van der Waals surface area contributed by atoms with Gasteiger partial charge < -0.3 is 5.11 Å². The lowest BCUT2D eigenvalue weighted by atomic mass is 10.2. The standard InChI is InChI=1S/C13H9N3O2/c17-13-11-8-4-5-9-12(11)16(18)15(14-13)10-6-2-1-3-7-10/h1-9H. The maximum Gasteiger partial charge on any atom is 0.212 e. The van der Waals surface area contributed by atoms with Crippen LogP contribution in [0.3, 0.4) is 0 Å². The number of aromatic nitrogens is 3. The van der Waals surface area contributed by atoms with Gasteiger partial charge in [-0.05, 0) is 29.2 Å². The molecule has 0 aliphatic heterocycles. The molecule has 0 aliphatic carbocycles. The Morgan fingerprint density at radius 2 is 1.67 bits per heavy atom. The van der Waals surface area contributed by atoms with Gasteiger partial charge in [0.1, 0.15) is 11.6 Å². The molecule has 1 aromatic heterocycles. The molecule has 0 saturated heterocycles. The van der Waals surface area contributed by atoms with E-state index in [4.69, 9.17) is 0 Å². The number of fused-ring (bicyclic) bond motifs is 1. The Bertz CT molecular complexity index is 766. The summed E-state index contributed by atoms with van der Waals surface area (Å²) in [6.07, 6.45) is 0. The van der Waals surface area contributed by atoms with E-state index in [0.29, 0.717) is 21.1 Å². The van der Waals surface area contributed by atoms with E-state index in [0.717, 1.165) is 4.80 Å².